The molecule has 182 valence electrons. The number of para-hydroxylation sites is 1. The summed E-state index contributed by atoms with van der Waals surface area (Å²) < 4.78 is 2.20. The third-order valence-electron chi connectivity index (χ3n) is 6.16. The summed E-state index contributed by atoms with van der Waals surface area (Å²) in [6, 6.07) is 19.0. The maximum absolute atomic E-state index is 13.2. The molecule has 1 aromatic heterocycles. The van der Waals surface area contributed by atoms with Gasteiger partial charge in [-0.15, -0.1) is 0 Å². The molecule has 0 spiro atoms. The fraction of sp³-hybridized carbons (Fsp3) is 0.143. The highest BCUT2D eigenvalue weighted by molar-refractivity contribution is 8.18. The molecule has 3 aromatic carbocycles. The van der Waals surface area contributed by atoms with E-state index in [4.69, 9.17) is 34.8 Å². The van der Waals surface area contributed by atoms with E-state index in [-0.39, 0.29) is 17.7 Å². The van der Waals surface area contributed by atoms with Gasteiger partial charge in [0.15, 0.2) is 0 Å². The lowest BCUT2D eigenvalue weighted by Crippen LogP contribution is -2.27. The Labute approximate surface area is 228 Å². The first-order chi connectivity index (χ1) is 17.3. The van der Waals surface area contributed by atoms with Gasteiger partial charge in [0, 0.05) is 38.8 Å². The van der Waals surface area contributed by atoms with Crippen molar-refractivity contribution in [3.63, 3.8) is 0 Å². The number of carbonyl (C=O) groups excluding carboxylic acids is 2. The fourth-order valence-corrected chi connectivity index (χ4v) is 5.80. The summed E-state index contributed by atoms with van der Waals surface area (Å²) in [7, 11) is 0. The molecule has 8 heteroatoms. The summed E-state index contributed by atoms with van der Waals surface area (Å²) in [6.07, 6.45) is 4.73. The van der Waals surface area contributed by atoms with Crippen molar-refractivity contribution in [1.82, 2.24) is 9.47 Å². The molecule has 0 atom stereocenters. The Morgan fingerprint density at radius 1 is 0.889 bits per heavy atom. The van der Waals surface area contributed by atoms with Crippen molar-refractivity contribution >= 4 is 74.7 Å². The van der Waals surface area contributed by atoms with Crippen LogP contribution in [0.15, 0.2) is 71.8 Å². The van der Waals surface area contributed by atoms with Gasteiger partial charge in [-0.3, -0.25) is 14.5 Å². The second-order valence-electron chi connectivity index (χ2n) is 8.51. The van der Waals surface area contributed by atoms with Gasteiger partial charge < -0.3 is 4.57 Å². The molecule has 0 saturated carbocycles. The fourth-order valence-electron chi connectivity index (χ4n) is 4.37. The SMILES string of the molecule is CCc1cccc2c(/C=C3\SC(=O)N(Cc4ccc(Cl)cc4Cl)C3=O)cn(Cc3ccc(Cl)cc3)c12. The van der Waals surface area contributed by atoms with Crippen LogP contribution in [0, 0.1) is 0 Å². The van der Waals surface area contributed by atoms with E-state index >= 15 is 0 Å². The summed E-state index contributed by atoms with van der Waals surface area (Å²) in [5, 5.41) is 2.33. The zero-order valence-corrected chi connectivity index (χ0v) is 22.4. The highest BCUT2D eigenvalue weighted by atomic mass is 35.5. The first-order valence-corrected chi connectivity index (χ1v) is 13.3. The van der Waals surface area contributed by atoms with Gasteiger partial charge in [0.1, 0.15) is 0 Å². The monoisotopic (exact) mass is 554 g/mol. The average molecular weight is 556 g/mol. The van der Waals surface area contributed by atoms with Crippen LogP contribution >= 0.6 is 46.6 Å². The Bertz CT molecular complexity index is 1530. The van der Waals surface area contributed by atoms with E-state index in [0.717, 1.165) is 40.2 Å². The topological polar surface area (TPSA) is 42.3 Å². The predicted octanol–water partition coefficient (Wildman–Crippen LogP) is 8.45. The number of aryl methyl sites for hydroxylation is 1. The molecule has 0 aliphatic carbocycles. The molecule has 36 heavy (non-hydrogen) atoms. The molecule has 0 N–H and O–H groups in total. The number of amides is 2. The van der Waals surface area contributed by atoms with E-state index in [2.05, 4.69) is 23.6 Å². The van der Waals surface area contributed by atoms with Crippen molar-refractivity contribution < 1.29 is 9.59 Å². The third-order valence-corrected chi connectivity index (χ3v) is 7.91. The number of fused-ring (bicyclic) bond motifs is 1. The number of aromatic nitrogens is 1. The zero-order chi connectivity index (χ0) is 25.4. The Kier molecular flexibility index (Phi) is 7.18. The Morgan fingerprint density at radius 2 is 1.64 bits per heavy atom. The quantitative estimate of drug-likeness (QED) is 0.224. The summed E-state index contributed by atoms with van der Waals surface area (Å²) in [5.74, 6) is -0.332. The van der Waals surface area contributed by atoms with Crippen molar-refractivity contribution in [2.45, 2.75) is 26.4 Å². The highest BCUT2D eigenvalue weighted by Gasteiger charge is 2.35. The maximum Gasteiger partial charge on any atom is 0.293 e. The first kappa shape index (κ1) is 25.0. The van der Waals surface area contributed by atoms with Crippen LogP contribution in [0.25, 0.3) is 17.0 Å². The molecule has 1 saturated heterocycles. The molecule has 2 amide bonds. The van der Waals surface area contributed by atoms with Crippen LogP contribution in [0.5, 0.6) is 0 Å². The molecule has 0 bridgehead atoms. The van der Waals surface area contributed by atoms with Crippen LogP contribution in [0.4, 0.5) is 4.79 Å². The molecule has 0 unspecified atom stereocenters. The summed E-state index contributed by atoms with van der Waals surface area (Å²) >= 11 is 19.3. The van der Waals surface area contributed by atoms with Crippen LogP contribution in [-0.4, -0.2) is 20.6 Å². The summed E-state index contributed by atoms with van der Waals surface area (Å²) in [4.78, 5) is 27.6. The van der Waals surface area contributed by atoms with E-state index in [0.29, 0.717) is 32.1 Å². The number of imide groups is 1. The molecule has 1 aliphatic heterocycles. The van der Waals surface area contributed by atoms with E-state index in [1.807, 2.05) is 42.6 Å². The van der Waals surface area contributed by atoms with Crippen molar-refractivity contribution in [2.75, 3.05) is 0 Å². The number of rotatable bonds is 6. The summed E-state index contributed by atoms with van der Waals surface area (Å²) in [5.41, 5.74) is 5.01. The molecule has 1 aliphatic rings. The summed E-state index contributed by atoms with van der Waals surface area (Å²) in [6.45, 7) is 2.88. The van der Waals surface area contributed by atoms with Crippen molar-refractivity contribution in [3.8, 4) is 0 Å². The minimum absolute atomic E-state index is 0.0936. The minimum Gasteiger partial charge on any atom is -0.342 e. The highest BCUT2D eigenvalue weighted by Crippen LogP contribution is 2.36. The van der Waals surface area contributed by atoms with Crippen LogP contribution in [-0.2, 0) is 24.3 Å². The largest absolute Gasteiger partial charge is 0.342 e. The second kappa shape index (κ2) is 10.3. The maximum atomic E-state index is 13.2. The second-order valence-corrected chi connectivity index (χ2v) is 10.8. The predicted molar refractivity (Wildman–Crippen MR) is 150 cm³/mol. The molecule has 4 aromatic rings. The number of nitrogens with zero attached hydrogens (tertiary/aromatic N) is 2. The lowest BCUT2D eigenvalue weighted by atomic mass is 10.1. The Morgan fingerprint density at radius 3 is 2.36 bits per heavy atom. The first-order valence-electron chi connectivity index (χ1n) is 11.4. The standard InChI is InChI=1S/C28H21Cl3N2O2S/c1-2-18-4-3-5-23-20(15-32(26(18)23)14-17-6-9-21(29)10-7-17)12-25-27(34)33(28(35)36-25)16-19-8-11-22(30)13-24(19)31/h3-13,15H,2,14,16H2,1H3/b25-12-. The van der Waals surface area contributed by atoms with Gasteiger partial charge >= 0.3 is 0 Å². The van der Waals surface area contributed by atoms with E-state index in [1.165, 1.54) is 10.5 Å². The number of carbonyl (C=O) groups is 2. The number of benzene rings is 3. The number of hydrogen-bond donors (Lipinski definition) is 0. The van der Waals surface area contributed by atoms with Crippen LogP contribution in [0.3, 0.4) is 0 Å². The van der Waals surface area contributed by atoms with Gasteiger partial charge in [0.25, 0.3) is 11.1 Å². The van der Waals surface area contributed by atoms with Gasteiger partial charge in [-0.05, 0) is 65.2 Å². The molecular weight excluding hydrogens is 535 g/mol. The molecule has 2 heterocycles. The van der Waals surface area contributed by atoms with Crippen LogP contribution in [0.2, 0.25) is 15.1 Å². The van der Waals surface area contributed by atoms with E-state index < -0.39 is 0 Å². The lowest BCUT2D eigenvalue weighted by molar-refractivity contribution is -0.123. The van der Waals surface area contributed by atoms with Crippen LogP contribution < -0.4 is 0 Å². The molecular formula is C28H21Cl3N2O2S. The zero-order valence-electron chi connectivity index (χ0n) is 19.3. The van der Waals surface area contributed by atoms with Gasteiger partial charge in [-0.25, -0.2) is 0 Å². The minimum atomic E-state index is -0.332. The van der Waals surface area contributed by atoms with Crippen LogP contribution in [0.1, 0.15) is 29.2 Å². The molecule has 4 nitrogen and oxygen atoms in total. The Hall–Kier alpha value is -2.70. The molecule has 1 fully saturated rings. The van der Waals surface area contributed by atoms with Gasteiger partial charge in [0.05, 0.1) is 17.0 Å². The van der Waals surface area contributed by atoms with Gasteiger partial charge in [-0.1, -0.05) is 78.1 Å². The lowest BCUT2D eigenvalue weighted by Gasteiger charge is -2.13. The smallest absolute Gasteiger partial charge is 0.293 e. The number of halogens is 3. The normalized spacial score (nSPS) is 15.0. The average Bonchev–Trinajstić information content (AvgIpc) is 3.33. The van der Waals surface area contributed by atoms with Crippen molar-refractivity contribution in [3.05, 3.63) is 109 Å². The molecule has 0 radical (unpaired) electrons. The number of hydrogen-bond acceptors (Lipinski definition) is 3. The van der Waals surface area contributed by atoms with Crippen molar-refractivity contribution in [2.24, 2.45) is 0 Å². The number of thioether (sulfide) groups is 1. The van der Waals surface area contributed by atoms with Crippen molar-refractivity contribution in [1.29, 1.82) is 0 Å². The third kappa shape index (κ3) is 4.94. The van der Waals surface area contributed by atoms with Gasteiger partial charge in [-0.2, -0.15) is 0 Å². The van der Waals surface area contributed by atoms with Gasteiger partial charge in [0.2, 0.25) is 0 Å². The van der Waals surface area contributed by atoms with E-state index in [9.17, 15) is 9.59 Å². The Balaban J connectivity index is 1.50. The molecule has 5 rings (SSSR count). The van der Waals surface area contributed by atoms with E-state index in [1.54, 1.807) is 18.2 Å².